The molecule has 0 aliphatic heterocycles. The molecule has 22 heavy (non-hydrogen) atoms. The average molecular weight is 348 g/mol. The van der Waals surface area contributed by atoms with Crippen LogP contribution in [0.1, 0.15) is 44.9 Å². The summed E-state index contributed by atoms with van der Waals surface area (Å²) in [6, 6.07) is 3.78. The van der Waals surface area contributed by atoms with Crippen molar-refractivity contribution in [1.29, 1.82) is 0 Å². The van der Waals surface area contributed by atoms with Crippen LogP contribution in [0.15, 0.2) is 12.1 Å². The zero-order valence-electron chi connectivity index (χ0n) is 14.2. The van der Waals surface area contributed by atoms with Gasteiger partial charge in [0.15, 0.2) is 11.5 Å². The monoisotopic (exact) mass is 347 g/mol. The Morgan fingerprint density at radius 2 is 1.77 bits per heavy atom. The number of aryl methyl sites for hydroxylation is 1. The SMILES string of the molecule is COc1cc(CCCl)c([C@H](C)N[S@](=O)C(C)(C)C)cc1OC. The van der Waals surface area contributed by atoms with Gasteiger partial charge in [-0.2, -0.15) is 0 Å². The van der Waals surface area contributed by atoms with Crippen LogP contribution in [0.4, 0.5) is 0 Å². The molecule has 2 atom stereocenters. The largest absolute Gasteiger partial charge is 0.493 e. The Morgan fingerprint density at radius 3 is 2.23 bits per heavy atom. The van der Waals surface area contributed by atoms with Crippen LogP contribution in [0.25, 0.3) is 0 Å². The number of hydrogen-bond acceptors (Lipinski definition) is 3. The lowest BCUT2D eigenvalue weighted by Crippen LogP contribution is -2.35. The molecule has 1 aromatic rings. The second-order valence-corrected chi connectivity index (χ2v) is 8.44. The average Bonchev–Trinajstić information content (AvgIpc) is 2.45. The molecule has 0 bridgehead atoms. The first-order valence-electron chi connectivity index (χ1n) is 7.23. The summed E-state index contributed by atoms with van der Waals surface area (Å²) in [5, 5.41) is 0. The Labute approximate surface area is 141 Å². The Hall–Kier alpha value is -0.780. The molecular formula is C16H26ClNO3S. The van der Waals surface area contributed by atoms with Crippen LogP contribution >= 0.6 is 11.6 Å². The van der Waals surface area contributed by atoms with Gasteiger partial charge >= 0.3 is 0 Å². The first-order chi connectivity index (χ1) is 10.2. The van der Waals surface area contributed by atoms with Gasteiger partial charge in [-0.15, -0.1) is 11.6 Å². The number of methoxy groups -OCH3 is 2. The van der Waals surface area contributed by atoms with Crippen LogP contribution in [0.3, 0.4) is 0 Å². The van der Waals surface area contributed by atoms with Crippen molar-refractivity contribution in [2.75, 3.05) is 20.1 Å². The number of hydrogen-bond donors (Lipinski definition) is 1. The maximum atomic E-state index is 12.3. The number of nitrogens with one attached hydrogen (secondary N) is 1. The fourth-order valence-corrected chi connectivity index (χ4v) is 3.06. The molecule has 126 valence electrons. The van der Waals surface area contributed by atoms with Crippen molar-refractivity contribution in [1.82, 2.24) is 4.72 Å². The smallest absolute Gasteiger partial charge is 0.161 e. The highest BCUT2D eigenvalue weighted by molar-refractivity contribution is 7.84. The summed E-state index contributed by atoms with van der Waals surface area (Å²) in [5.74, 6) is 1.85. The topological polar surface area (TPSA) is 47.6 Å². The number of ether oxygens (including phenoxy) is 2. The van der Waals surface area contributed by atoms with Gasteiger partial charge < -0.3 is 9.47 Å². The minimum absolute atomic E-state index is 0.0851. The van der Waals surface area contributed by atoms with Crippen molar-refractivity contribution in [2.45, 2.75) is 44.9 Å². The minimum Gasteiger partial charge on any atom is -0.493 e. The van der Waals surface area contributed by atoms with E-state index < -0.39 is 11.0 Å². The molecule has 0 saturated heterocycles. The fourth-order valence-electron chi connectivity index (χ4n) is 2.06. The van der Waals surface area contributed by atoms with E-state index in [9.17, 15) is 4.21 Å². The van der Waals surface area contributed by atoms with E-state index in [4.69, 9.17) is 21.1 Å². The summed E-state index contributed by atoms with van der Waals surface area (Å²) in [6.45, 7) is 7.81. The lowest BCUT2D eigenvalue weighted by molar-refractivity contribution is 0.353. The molecule has 0 aromatic heterocycles. The molecule has 1 rings (SSSR count). The number of benzene rings is 1. The van der Waals surface area contributed by atoms with Crippen molar-refractivity contribution in [3.8, 4) is 11.5 Å². The van der Waals surface area contributed by atoms with Gasteiger partial charge in [-0.05, 0) is 57.4 Å². The van der Waals surface area contributed by atoms with Gasteiger partial charge in [-0.3, -0.25) is 0 Å². The van der Waals surface area contributed by atoms with Crippen molar-refractivity contribution >= 4 is 22.6 Å². The summed E-state index contributed by atoms with van der Waals surface area (Å²) >= 11 is 5.91. The Balaban J connectivity index is 3.17. The number of alkyl halides is 1. The molecule has 0 heterocycles. The summed E-state index contributed by atoms with van der Waals surface area (Å²) in [6.07, 6.45) is 0.714. The van der Waals surface area contributed by atoms with Crippen molar-refractivity contribution in [3.05, 3.63) is 23.3 Å². The third-order valence-electron chi connectivity index (χ3n) is 3.32. The van der Waals surface area contributed by atoms with Gasteiger partial charge in [0.2, 0.25) is 0 Å². The van der Waals surface area contributed by atoms with E-state index in [1.807, 2.05) is 39.8 Å². The molecule has 4 nitrogen and oxygen atoms in total. The predicted octanol–water partition coefficient (Wildman–Crippen LogP) is 3.60. The maximum absolute atomic E-state index is 12.3. The fraction of sp³-hybridized carbons (Fsp3) is 0.625. The van der Waals surface area contributed by atoms with E-state index in [-0.39, 0.29) is 10.8 Å². The molecule has 1 N–H and O–H groups in total. The second kappa shape index (κ2) is 8.18. The highest BCUT2D eigenvalue weighted by Crippen LogP contribution is 2.34. The van der Waals surface area contributed by atoms with Gasteiger partial charge in [-0.1, -0.05) is 0 Å². The third kappa shape index (κ3) is 4.86. The van der Waals surface area contributed by atoms with Gasteiger partial charge in [-0.25, -0.2) is 8.93 Å². The van der Waals surface area contributed by atoms with Crippen LogP contribution in [0.5, 0.6) is 11.5 Å². The molecule has 6 heteroatoms. The van der Waals surface area contributed by atoms with Crippen LogP contribution in [0.2, 0.25) is 0 Å². The molecule has 0 unspecified atom stereocenters. The minimum atomic E-state index is -1.15. The Morgan fingerprint density at radius 1 is 1.23 bits per heavy atom. The molecule has 0 aliphatic rings. The molecule has 0 radical (unpaired) electrons. The van der Waals surface area contributed by atoms with Crippen molar-refractivity contribution in [2.24, 2.45) is 0 Å². The zero-order valence-corrected chi connectivity index (χ0v) is 15.7. The van der Waals surface area contributed by atoms with Gasteiger partial charge in [0.05, 0.1) is 30.0 Å². The van der Waals surface area contributed by atoms with Crippen molar-refractivity contribution in [3.63, 3.8) is 0 Å². The zero-order chi connectivity index (χ0) is 16.9. The summed E-state index contributed by atoms with van der Waals surface area (Å²) < 4.78 is 25.9. The van der Waals surface area contributed by atoms with Crippen LogP contribution in [-0.2, 0) is 17.4 Å². The second-order valence-electron chi connectivity index (χ2n) is 6.07. The number of halogens is 1. The van der Waals surface area contributed by atoms with Crippen LogP contribution in [-0.4, -0.2) is 29.1 Å². The third-order valence-corrected chi connectivity index (χ3v) is 5.18. The lowest BCUT2D eigenvalue weighted by Gasteiger charge is -2.24. The van der Waals surface area contributed by atoms with Crippen LogP contribution < -0.4 is 14.2 Å². The summed E-state index contributed by atoms with van der Waals surface area (Å²) in [7, 11) is 2.06. The molecule has 0 amide bonds. The highest BCUT2D eigenvalue weighted by Gasteiger charge is 2.23. The molecule has 0 spiro atoms. The van der Waals surface area contributed by atoms with E-state index in [1.165, 1.54) is 0 Å². The van der Waals surface area contributed by atoms with Gasteiger partial charge in [0.1, 0.15) is 0 Å². The van der Waals surface area contributed by atoms with E-state index in [2.05, 4.69) is 4.72 Å². The quantitative estimate of drug-likeness (QED) is 0.767. The van der Waals surface area contributed by atoms with E-state index in [0.29, 0.717) is 23.8 Å². The highest BCUT2D eigenvalue weighted by atomic mass is 35.5. The standard InChI is InChI=1S/C16H26ClNO3S/c1-11(18-22(19)16(2,3)4)13-10-15(21-6)14(20-5)9-12(13)7-8-17/h9-11,18H,7-8H2,1-6H3/t11-,22+/m0/s1. The predicted molar refractivity (Wildman–Crippen MR) is 93.4 cm³/mol. The first kappa shape index (κ1) is 19.3. The molecule has 0 saturated carbocycles. The Bertz CT molecular complexity index is 529. The normalized spacial score (nSPS) is 14.5. The van der Waals surface area contributed by atoms with Gasteiger partial charge in [0, 0.05) is 11.9 Å². The van der Waals surface area contributed by atoms with Crippen LogP contribution in [0, 0.1) is 0 Å². The summed E-state index contributed by atoms with van der Waals surface area (Å²) in [5.41, 5.74) is 2.09. The first-order valence-corrected chi connectivity index (χ1v) is 8.91. The van der Waals surface area contributed by atoms with Gasteiger partial charge in [0.25, 0.3) is 0 Å². The van der Waals surface area contributed by atoms with E-state index >= 15 is 0 Å². The van der Waals surface area contributed by atoms with E-state index in [1.54, 1.807) is 14.2 Å². The molecule has 0 fully saturated rings. The molecular weight excluding hydrogens is 322 g/mol. The van der Waals surface area contributed by atoms with E-state index in [0.717, 1.165) is 11.1 Å². The maximum Gasteiger partial charge on any atom is 0.161 e. The number of rotatable bonds is 7. The summed E-state index contributed by atoms with van der Waals surface area (Å²) in [4.78, 5) is 0. The molecule has 1 aromatic carbocycles. The lowest BCUT2D eigenvalue weighted by atomic mass is 9.99. The molecule has 0 aliphatic carbocycles. The van der Waals surface area contributed by atoms with Crippen molar-refractivity contribution < 1.29 is 13.7 Å². The Kier molecular flexibility index (Phi) is 7.16.